The molecule has 3 aromatic rings. The molecule has 0 fully saturated rings. The smallest absolute Gasteiger partial charge is 0.338 e. The summed E-state index contributed by atoms with van der Waals surface area (Å²) in [7, 11) is 0. The molecule has 2 aliphatic heterocycles. The number of aromatic nitrogens is 1. The van der Waals surface area contributed by atoms with Gasteiger partial charge in [-0.25, -0.2) is 9.79 Å². The average molecular weight is 481 g/mol. The zero-order valence-electron chi connectivity index (χ0n) is 19.1. The number of hydrogen-bond acceptors (Lipinski definition) is 8. The first-order valence-electron chi connectivity index (χ1n) is 11.2. The molecule has 0 saturated carbocycles. The molecule has 176 valence electrons. The van der Waals surface area contributed by atoms with Gasteiger partial charge in [-0.1, -0.05) is 30.7 Å². The van der Waals surface area contributed by atoms with Gasteiger partial charge in [-0.3, -0.25) is 9.36 Å². The SMILES string of the molecule is CCCC1=C(C(=O)OCC)[C@@H](c2ccc3c(c2)OCO3)n2c(s/c(=C\c3ccc(C)o3)c2=O)=N1. The Kier molecular flexibility index (Phi) is 5.87. The second-order valence-electron chi connectivity index (χ2n) is 7.97. The number of aryl methyl sites for hydroxylation is 1. The van der Waals surface area contributed by atoms with Crippen LogP contribution in [0.4, 0.5) is 0 Å². The van der Waals surface area contributed by atoms with E-state index in [-0.39, 0.29) is 19.0 Å². The van der Waals surface area contributed by atoms with E-state index >= 15 is 0 Å². The molecule has 0 radical (unpaired) electrons. The fraction of sp³-hybridized carbons (Fsp3) is 0.320. The van der Waals surface area contributed by atoms with Crippen LogP contribution in [0.5, 0.6) is 11.5 Å². The van der Waals surface area contributed by atoms with Crippen molar-refractivity contribution in [3.8, 4) is 11.5 Å². The highest BCUT2D eigenvalue weighted by Gasteiger charge is 2.35. The van der Waals surface area contributed by atoms with Crippen molar-refractivity contribution < 1.29 is 23.4 Å². The van der Waals surface area contributed by atoms with Crippen LogP contribution in [0.1, 0.15) is 49.8 Å². The van der Waals surface area contributed by atoms with Crippen molar-refractivity contribution in [1.29, 1.82) is 0 Å². The Labute approximate surface area is 199 Å². The molecule has 5 rings (SSSR count). The molecular formula is C25H24N2O6S. The first kappa shape index (κ1) is 22.2. The van der Waals surface area contributed by atoms with Gasteiger partial charge in [0, 0.05) is 6.08 Å². The topological polar surface area (TPSA) is 92.3 Å². The maximum atomic E-state index is 13.6. The number of nitrogens with zero attached hydrogens (tertiary/aromatic N) is 2. The third-order valence-corrected chi connectivity index (χ3v) is 6.62. The number of carbonyl (C=O) groups is 1. The Morgan fingerprint density at radius 1 is 1.24 bits per heavy atom. The number of benzene rings is 1. The van der Waals surface area contributed by atoms with Crippen molar-refractivity contribution in [3.05, 3.63) is 78.4 Å². The van der Waals surface area contributed by atoms with Gasteiger partial charge in [-0.15, -0.1) is 0 Å². The molecule has 0 bridgehead atoms. The van der Waals surface area contributed by atoms with Gasteiger partial charge < -0.3 is 18.6 Å². The lowest BCUT2D eigenvalue weighted by molar-refractivity contribution is -0.139. The van der Waals surface area contributed by atoms with Crippen molar-refractivity contribution in [2.45, 2.75) is 39.7 Å². The normalized spacial score (nSPS) is 17.0. The highest BCUT2D eigenvalue weighted by Crippen LogP contribution is 2.38. The van der Waals surface area contributed by atoms with Crippen molar-refractivity contribution in [1.82, 2.24) is 4.57 Å². The van der Waals surface area contributed by atoms with Crippen LogP contribution < -0.4 is 24.4 Å². The molecule has 4 heterocycles. The summed E-state index contributed by atoms with van der Waals surface area (Å²) in [6.07, 6.45) is 3.08. The standard InChI is InChI=1S/C25H24N2O6S/c1-4-6-17-21(24(29)30-5-2)22(15-8-10-18-19(11-15)32-13-31-18)27-23(28)20(34-25(27)26-17)12-16-9-7-14(3)33-16/h7-12,22H,4-6,13H2,1-3H3/b20-12-/t22-/m1/s1. The average Bonchev–Trinajstić information content (AvgIpc) is 3.52. The number of hydrogen-bond donors (Lipinski definition) is 0. The summed E-state index contributed by atoms with van der Waals surface area (Å²) in [5, 5.41) is 0. The number of allylic oxidation sites excluding steroid dienone is 1. The van der Waals surface area contributed by atoms with Crippen LogP contribution in [0.25, 0.3) is 6.08 Å². The summed E-state index contributed by atoms with van der Waals surface area (Å²) in [5.74, 6) is 2.06. The predicted molar refractivity (Wildman–Crippen MR) is 126 cm³/mol. The molecule has 0 unspecified atom stereocenters. The van der Waals surface area contributed by atoms with Gasteiger partial charge in [0.1, 0.15) is 11.5 Å². The van der Waals surface area contributed by atoms with E-state index in [1.165, 1.54) is 11.3 Å². The van der Waals surface area contributed by atoms with Crippen molar-refractivity contribution >= 4 is 23.4 Å². The summed E-state index contributed by atoms with van der Waals surface area (Å²) >= 11 is 1.27. The largest absolute Gasteiger partial charge is 0.463 e. The van der Waals surface area contributed by atoms with Crippen LogP contribution in [-0.4, -0.2) is 23.9 Å². The number of carbonyl (C=O) groups excluding carboxylic acids is 1. The number of rotatable bonds is 6. The summed E-state index contributed by atoms with van der Waals surface area (Å²) in [4.78, 5) is 32.1. The first-order chi connectivity index (χ1) is 16.5. The van der Waals surface area contributed by atoms with Gasteiger partial charge in [0.25, 0.3) is 5.56 Å². The summed E-state index contributed by atoms with van der Waals surface area (Å²) < 4.78 is 24.1. The fourth-order valence-electron chi connectivity index (χ4n) is 4.18. The predicted octanol–water partition coefficient (Wildman–Crippen LogP) is 3.21. The van der Waals surface area contributed by atoms with E-state index in [0.29, 0.717) is 44.3 Å². The molecule has 0 amide bonds. The van der Waals surface area contributed by atoms with Crippen LogP contribution in [0.3, 0.4) is 0 Å². The summed E-state index contributed by atoms with van der Waals surface area (Å²) in [6.45, 7) is 5.98. The Bertz CT molecular complexity index is 1480. The maximum Gasteiger partial charge on any atom is 0.338 e. The van der Waals surface area contributed by atoms with E-state index in [9.17, 15) is 9.59 Å². The third kappa shape index (κ3) is 3.86. The molecule has 0 spiro atoms. The number of esters is 1. The van der Waals surface area contributed by atoms with Gasteiger partial charge in [-0.2, -0.15) is 0 Å². The minimum Gasteiger partial charge on any atom is -0.463 e. The van der Waals surface area contributed by atoms with E-state index in [0.717, 1.165) is 17.7 Å². The van der Waals surface area contributed by atoms with Crippen molar-refractivity contribution in [2.75, 3.05) is 13.4 Å². The Hall–Kier alpha value is -3.59. The lowest BCUT2D eigenvalue weighted by Crippen LogP contribution is -2.40. The number of fused-ring (bicyclic) bond motifs is 2. The van der Waals surface area contributed by atoms with E-state index < -0.39 is 12.0 Å². The zero-order valence-corrected chi connectivity index (χ0v) is 19.9. The van der Waals surface area contributed by atoms with E-state index in [1.807, 2.05) is 38.1 Å². The molecule has 9 heteroatoms. The van der Waals surface area contributed by atoms with Gasteiger partial charge in [0.2, 0.25) is 6.79 Å². The highest BCUT2D eigenvalue weighted by atomic mass is 32.1. The van der Waals surface area contributed by atoms with Crippen LogP contribution in [0, 0.1) is 6.92 Å². The van der Waals surface area contributed by atoms with Gasteiger partial charge in [0.15, 0.2) is 16.3 Å². The maximum absolute atomic E-state index is 13.6. The first-order valence-corrected chi connectivity index (χ1v) is 12.0. The fourth-order valence-corrected chi connectivity index (χ4v) is 5.18. The lowest BCUT2D eigenvalue weighted by Gasteiger charge is -2.25. The molecule has 2 aromatic heterocycles. The second kappa shape index (κ2) is 8.98. The molecule has 0 aliphatic carbocycles. The zero-order chi connectivity index (χ0) is 23.8. The number of thiazole rings is 1. The van der Waals surface area contributed by atoms with Gasteiger partial charge >= 0.3 is 5.97 Å². The summed E-state index contributed by atoms with van der Waals surface area (Å²) in [5.41, 5.74) is 1.47. The Morgan fingerprint density at radius 2 is 2.06 bits per heavy atom. The van der Waals surface area contributed by atoms with Crippen LogP contribution >= 0.6 is 11.3 Å². The molecule has 1 aromatic carbocycles. The molecule has 34 heavy (non-hydrogen) atoms. The van der Waals surface area contributed by atoms with Crippen molar-refractivity contribution in [2.24, 2.45) is 4.99 Å². The van der Waals surface area contributed by atoms with E-state index in [2.05, 4.69) is 0 Å². The molecule has 8 nitrogen and oxygen atoms in total. The van der Waals surface area contributed by atoms with Crippen LogP contribution in [0.15, 0.2) is 55.8 Å². The van der Waals surface area contributed by atoms with E-state index in [4.69, 9.17) is 23.6 Å². The molecule has 1 atom stereocenters. The summed E-state index contributed by atoms with van der Waals surface area (Å²) in [6, 6.07) is 8.41. The lowest BCUT2D eigenvalue weighted by atomic mass is 9.94. The van der Waals surface area contributed by atoms with Gasteiger partial charge in [0.05, 0.1) is 28.5 Å². The molecule has 0 N–H and O–H groups in total. The van der Waals surface area contributed by atoms with Gasteiger partial charge in [-0.05, 0) is 50.1 Å². The van der Waals surface area contributed by atoms with Crippen LogP contribution in [0.2, 0.25) is 0 Å². The minimum absolute atomic E-state index is 0.131. The second-order valence-corrected chi connectivity index (χ2v) is 8.98. The molecule has 2 aliphatic rings. The highest BCUT2D eigenvalue weighted by molar-refractivity contribution is 7.07. The molecular weight excluding hydrogens is 456 g/mol. The van der Waals surface area contributed by atoms with Crippen LogP contribution in [-0.2, 0) is 9.53 Å². The monoisotopic (exact) mass is 480 g/mol. The van der Waals surface area contributed by atoms with Crippen molar-refractivity contribution in [3.63, 3.8) is 0 Å². The quantitative estimate of drug-likeness (QED) is 0.503. The number of ether oxygens (including phenoxy) is 3. The third-order valence-electron chi connectivity index (χ3n) is 5.64. The van der Waals surface area contributed by atoms with E-state index in [1.54, 1.807) is 23.6 Å². The minimum atomic E-state index is -0.702. The Balaban J connectivity index is 1.76. The Morgan fingerprint density at radius 3 is 2.79 bits per heavy atom. The molecule has 0 saturated heterocycles. The number of furan rings is 1.